The van der Waals surface area contributed by atoms with Crippen LogP contribution in [0.2, 0.25) is 0 Å². The first-order valence-electron chi connectivity index (χ1n) is 9.09. The fourth-order valence-corrected chi connectivity index (χ4v) is 3.62. The minimum atomic E-state index is -0.0192. The molecule has 0 N–H and O–H groups in total. The Bertz CT molecular complexity index is 981. The Hall–Kier alpha value is -3.09. The highest BCUT2D eigenvalue weighted by Gasteiger charge is 2.30. The summed E-state index contributed by atoms with van der Waals surface area (Å²) in [7, 11) is 0. The number of likely N-dealkylation sites (tertiary alicyclic amines) is 1. The van der Waals surface area contributed by atoms with Crippen LogP contribution in [0.4, 0.5) is 0 Å². The van der Waals surface area contributed by atoms with E-state index in [2.05, 4.69) is 33.0 Å². The molecule has 0 radical (unpaired) electrons. The lowest BCUT2D eigenvalue weighted by atomic mass is 10.2. The van der Waals surface area contributed by atoms with Crippen LogP contribution in [0.1, 0.15) is 39.9 Å². The van der Waals surface area contributed by atoms with Crippen LogP contribution in [-0.4, -0.2) is 48.6 Å². The summed E-state index contributed by atoms with van der Waals surface area (Å²) in [6, 6.07) is 6.04. The molecule has 0 unspecified atom stereocenters. The predicted octanol–water partition coefficient (Wildman–Crippen LogP) is 2.75. The van der Waals surface area contributed by atoms with E-state index < -0.39 is 0 Å². The topological polar surface area (TPSA) is 76.8 Å². The van der Waals surface area contributed by atoms with Gasteiger partial charge in [0.15, 0.2) is 5.82 Å². The van der Waals surface area contributed by atoms with Crippen LogP contribution in [-0.2, 0) is 0 Å². The maximum atomic E-state index is 13.0. The summed E-state index contributed by atoms with van der Waals surface area (Å²) in [5, 5.41) is 4.57. The fraction of sp³-hybridized carbons (Fsp3) is 0.350. The second-order valence-electron chi connectivity index (χ2n) is 7.00. The molecule has 7 heteroatoms. The molecule has 0 aliphatic carbocycles. The summed E-state index contributed by atoms with van der Waals surface area (Å²) in [5.41, 5.74) is 4.21. The Morgan fingerprint density at radius 3 is 2.74 bits per heavy atom. The molecule has 1 saturated heterocycles. The lowest BCUT2D eigenvalue weighted by Gasteiger charge is -2.18. The average molecular weight is 362 g/mol. The summed E-state index contributed by atoms with van der Waals surface area (Å²) in [4.78, 5) is 27.8. The van der Waals surface area contributed by atoms with Crippen molar-refractivity contribution in [1.29, 1.82) is 0 Å². The number of pyridine rings is 1. The van der Waals surface area contributed by atoms with E-state index in [-0.39, 0.29) is 11.9 Å². The molecule has 3 aromatic rings. The van der Waals surface area contributed by atoms with E-state index >= 15 is 0 Å². The molecule has 4 rings (SSSR count). The maximum absolute atomic E-state index is 13.0. The van der Waals surface area contributed by atoms with Gasteiger partial charge in [-0.2, -0.15) is 5.10 Å². The Labute approximate surface area is 158 Å². The number of aryl methyl sites for hydroxylation is 3. The molecule has 1 amide bonds. The van der Waals surface area contributed by atoms with E-state index in [4.69, 9.17) is 0 Å². The van der Waals surface area contributed by atoms with Gasteiger partial charge in [-0.05, 0) is 45.4 Å². The monoisotopic (exact) mass is 362 g/mol. The molecule has 0 bridgehead atoms. The largest absolute Gasteiger partial charge is 0.336 e. The first-order chi connectivity index (χ1) is 13.0. The summed E-state index contributed by atoms with van der Waals surface area (Å²) >= 11 is 0. The predicted molar refractivity (Wildman–Crippen MR) is 101 cm³/mol. The van der Waals surface area contributed by atoms with Gasteiger partial charge in [0.25, 0.3) is 5.91 Å². The Kier molecular flexibility index (Phi) is 4.43. The molecule has 0 saturated carbocycles. The average Bonchev–Trinajstić information content (AvgIpc) is 3.28. The van der Waals surface area contributed by atoms with Gasteiger partial charge in [0.1, 0.15) is 0 Å². The van der Waals surface area contributed by atoms with Crippen molar-refractivity contribution in [2.45, 2.75) is 33.2 Å². The summed E-state index contributed by atoms with van der Waals surface area (Å²) < 4.78 is 2.04. The third-order valence-corrected chi connectivity index (χ3v) is 4.97. The SMILES string of the molecule is Cc1cc(C)n([C@H]2CCN(C(=O)c3cnc(-c4cccnc4)nc3C)C2)n1. The third kappa shape index (κ3) is 3.32. The molecular formula is C20H22N6O. The zero-order chi connectivity index (χ0) is 19.0. The number of hydrogen-bond donors (Lipinski definition) is 0. The second-order valence-corrected chi connectivity index (χ2v) is 7.00. The van der Waals surface area contributed by atoms with Gasteiger partial charge in [0, 0.05) is 42.9 Å². The third-order valence-electron chi connectivity index (χ3n) is 4.97. The molecule has 0 aromatic carbocycles. The van der Waals surface area contributed by atoms with Gasteiger partial charge in [0.05, 0.1) is 23.0 Å². The molecule has 7 nitrogen and oxygen atoms in total. The molecule has 138 valence electrons. The molecule has 4 heterocycles. The van der Waals surface area contributed by atoms with Gasteiger partial charge in [-0.3, -0.25) is 14.5 Å². The van der Waals surface area contributed by atoms with Crippen molar-refractivity contribution in [1.82, 2.24) is 29.6 Å². The lowest BCUT2D eigenvalue weighted by Crippen LogP contribution is -2.30. The number of nitrogens with zero attached hydrogens (tertiary/aromatic N) is 6. The Morgan fingerprint density at radius 1 is 1.22 bits per heavy atom. The normalized spacial score (nSPS) is 16.7. The Balaban J connectivity index is 1.52. The number of rotatable bonds is 3. The molecule has 1 fully saturated rings. The van der Waals surface area contributed by atoms with Gasteiger partial charge >= 0.3 is 0 Å². The molecule has 1 aliphatic rings. The maximum Gasteiger partial charge on any atom is 0.257 e. The smallest absolute Gasteiger partial charge is 0.257 e. The number of hydrogen-bond acceptors (Lipinski definition) is 5. The highest BCUT2D eigenvalue weighted by atomic mass is 16.2. The van der Waals surface area contributed by atoms with Crippen molar-refractivity contribution >= 4 is 5.91 Å². The first kappa shape index (κ1) is 17.3. The lowest BCUT2D eigenvalue weighted by molar-refractivity contribution is 0.0785. The second kappa shape index (κ2) is 6.90. The molecule has 1 aliphatic heterocycles. The van der Waals surface area contributed by atoms with Crippen molar-refractivity contribution in [3.05, 3.63) is 59.4 Å². The van der Waals surface area contributed by atoms with Crippen molar-refractivity contribution in [3.63, 3.8) is 0 Å². The molecule has 0 spiro atoms. The number of amides is 1. The van der Waals surface area contributed by atoms with E-state index in [1.807, 2.05) is 35.6 Å². The van der Waals surface area contributed by atoms with E-state index in [9.17, 15) is 4.79 Å². The van der Waals surface area contributed by atoms with Gasteiger partial charge in [-0.25, -0.2) is 9.97 Å². The van der Waals surface area contributed by atoms with E-state index in [1.54, 1.807) is 18.6 Å². The van der Waals surface area contributed by atoms with E-state index in [1.165, 1.54) is 0 Å². The van der Waals surface area contributed by atoms with Crippen LogP contribution in [0.3, 0.4) is 0 Å². The van der Waals surface area contributed by atoms with Crippen LogP contribution in [0, 0.1) is 20.8 Å². The Morgan fingerprint density at radius 2 is 2.07 bits per heavy atom. The standard InChI is InChI=1S/C20H22N6O/c1-13-9-14(2)26(24-13)17-6-8-25(12-17)20(27)18-11-22-19(23-15(18)3)16-5-4-7-21-10-16/h4-5,7,9-11,17H,6,8,12H2,1-3H3/t17-/m0/s1. The zero-order valence-electron chi connectivity index (χ0n) is 15.8. The minimum absolute atomic E-state index is 0.0192. The van der Waals surface area contributed by atoms with E-state index in [0.717, 1.165) is 23.4 Å². The minimum Gasteiger partial charge on any atom is -0.336 e. The van der Waals surface area contributed by atoms with Crippen LogP contribution in [0.25, 0.3) is 11.4 Å². The van der Waals surface area contributed by atoms with E-state index in [0.29, 0.717) is 30.2 Å². The first-order valence-corrected chi connectivity index (χ1v) is 9.09. The van der Waals surface area contributed by atoms with Crippen LogP contribution >= 0.6 is 0 Å². The summed E-state index contributed by atoms with van der Waals surface area (Å²) in [6.07, 6.45) is 5.96. The van der Waals surface area contributed by atoms with Crippen molar-refractivity contribution < 1.29 is 4.79 Å². The van der Waals surface area contributed by atoms with Crippen LogP contribution < -0.4 is 0 Å². The van der Waals surface area contributed by atoms with Crippen molar-refractivity contribution in [3.8, 4) is 11.4 Å². The zero-order valence-corrected chi connectivity index (χ0v) is 15.8. The quantitative estimate of drug-likeness (QED) is 0.716. The number of carbonyl (C=O) groups is 1. The molecule has 1 atom stereocenters. The van der Waals surface area contributed by atoms with Crippen LogP contribution in [0.5, 0.6) is 0 Å². The highest BCUT2D eigenvalue weighted by molar-refractivity contribution is 5.95. The number of aromatic nitrogens is 5. The van der Waals surface area contributed by atoms with Gasteiger partial charge in [-0.1, -0.05) is 0 Å². The van der Waals surface area contributed by atoms with Crippen LogP contribution in [0.15, 0.2) is 36.8 Å². The number of carbonyl (C=O) groups excluding carboxylic acids is 1. The molecule has 27 heavy (non-hydrogen) atoms. The highest BCUT2D eigenvalue weighted by Crippen LogP contribution is 2.25. The molecular weight excluding hydrogens is 340 g/mol. The molecule has 3 aromatic heterocycles. The summed E-state index contributed by atoms with van der Waals surface area (Å²) in [6.45, 7) is 7.27. The summed E-state index contributed by atoms with van der Waals surface area (Å²) in [5.74, 6) is 0.563. The van der Waals surface area contributed by atoms with Crippen molar-refractivity contribution in [2.75, 3.05) is 13.1 Å². The van der Waals surface area contributed by atoms with Gasteiger partial charge < -0.3 is 4.90 Å². The van der Waals surface area contributed by atoms with Crippen molar-refractivity contribution in [2.24, 2.45) is 0 Å². The fourth-order valence-electron chi connectivity index (χ4n) is 3.62. The van der Waals surface area contributed by atoms with Gasteiger partial charge in [-0.15, -0.1) is 0 Å². The van der Waals surface area contributed by atoms with Gasteiger partial charge in [0.2, 0.25) is 0 Å².